The van der Waals surface area contributed by atoms with Crippen molar-refractivity contribution in [3.05, 3.63) is 70.0 Å². The lowest BCUT2D eigenvalue weighted by atomic mass is 10.2. The zero-order valence-corrected chi connectivity index (χ0v) is 15.3. The van der Waals surface area contributed by atoms with Crippen molar-refractivity contribution in [1.82, 2.24) is 14.9 Å². The van der Waals surface area contributed by atoms with Crippen molar-refractivity contribution in [2.75, 3.05) is 18.3 Å². The molecule has 2 aromatic carbocycles. The lowest BCUT2D eigenvalue weighted by Crippen LogP contribution is -2.32. The Hall–Kier alpha value is -3.00. The van der Waals surface area contributed by atoms with Crippen molar-refractivity contribution in [3.8, 4) is 5.75 Å². The number of nitrogen functional groups attached to an aromatic ring is 1. The van der Waals surface area contributed by atoms with Gasteiger partial charge in [0.1, 0.15) is 5.75 Å². The molecule has 0 aliphatic heterocycles. The van der Waals surface area contributed by atoms with Gasteiger partial charge in [-0.15, -0.1) is 10.2 Å². The van der Waals surface area contributed by atoms with Crippen LogP contribution in [0.5, 0.6) is 5.75 Å². The summed E-state index contributed by atoms with van der Waals surface area (Å²) in [5.74, 6) is 7.34. The normalized spacial score (nSPS) is 10.5. The number of benzene rings is 2. The highest BCUT2D eigenvalue weighted by atomic mass is 32.2. The minimum Gasteiger partial charge on any atom is -0.496 e. The third-order valence-corrected chi connectivity index (χ3v) is 4.80. The number of thioether (sulfide) groups is 1. The van der Waals surface area contributed by atoms with E-state index < -0.39 is 5.56 Å². The molecule has 1 heterocycles. The first-order valence-electron chi connectivity index (χ1n) is 7.92. The van der Waals surface area contributed by atoms with Crippen LogP contribution < -0.4 is 21.5 Å². The highest BCUT2D eigenvalue weighted by Crippen LogP contribution is 2.26. The van der Waals surface area contributed by atoms with Gasteiger partial charge in [0, 0.05) is 17.0 Å². The zero-order chi connectivity index (χ0) is 18.5. The minimum atomic E-state index is -0.439. The van der Waals surface area contributed by atoms with Crippen LogP contribution in [0.3, 0.4) is 0 Å². The number of hydrogen-bond donors (Lipinski definition) is 2. The van der Waals surface area contributed by atoms with E-state index in [2.05, 4.69) is 15.5 Å². The number of methoxy groups -OCH3 is 1. The van der Waals surface area contributed by atoms with Gasteiger partial charge >= 0.3 is 5.56 Å². The molecule has 7 nitrogen and oxygen atoms in total. The Morgan fingerprint density at radius 2 is 1.88 bits per heavy atom. The Balaban J connectivity index is 1.79. The number of para-hydroxylation sites is 2. The molecule has 0 bridgehead atoms. The molecule has 0 amide bonds. The molecule has 8 heteroatoms. The van der Waals surface area contributed by atoms with Gasteiger partial charge in [0.05, 0.1) is 7.11 Å². The van der Waals surface area contributed by atoms with Crippen LogP contribution >= 0.6 is 11.8 Å². The van der Waals surface area contributed by atoms with Crippen LogP contribution in [0.2, 0.25) is 0 Å². The molecular weight excluding hydrogens is 350 g/mol. The smallest absolute Gasteiger partial charge is 0.315 e. The summed E-state index contributed by atoms with van der Waals surface area (Å²) in [6.07, 6.45) is 0. The second-order valence-corrected chi connectivity index (χ2v) is 6.49. The number of nitrogens with zero attached hydrogens (tertiary/aromatic N) is 3. The molecule has 0 saturated carbocycles. The Labute approximate surface area is 155 Å². The van der Waals surface area contributed by atoms with Crippen molar-refractivity contribution in [2.24, 2.45) is 0 Å². The van der Waals surface area contributed by atoms with Gasteiger partial charge in [-0.25, -0.2) is 0 Å². The summed E-state index contributed by atoms with van der Waals surface area (Å²) in [6, 6.07) is 15.3. The van der Waals surface area contributed by atoms with E-state index in [1.54, 1.807) is 7.11 Å². The fraction of sp³-hybridized carbons (Fsp3) is 0.167. The second-order valence-electron chi connectivity index (χ2n) is 5.55. The number of aromatic nitrogens is 3. The van der Waals surface area contributed by atoms with E-state index in [1.165, 1.54) is 11.8 Å². The highest BCUT2D eigenvalue weighted by Gasteiger charge is 2.12. The van der Waals surface area contributed by atoms with Crippen LogP contribution in [0.15, 0.2) is 58.5 Å². The molecule has 0 saturated heterocycles. The van der Waals surface area contributed by atoms with Gasteiger partial charge in [0.2, 0.25) is 11.0 Å². The molecule has 0 aliphatic rings. The van der Waals surface area contributed by atoms with E-state index in [9.17, 15) is 4.79 Å². The predicted octanol–water partition coefficient (Wildman–Crippen LogP) is 2.71. The summed E-state index contributed by atoms with van der Waals surface area (Å²) in [7, 11) is 1.62. The molecular formula is C18H19N5O2S. The fourth-order valence-electron chi connectivity index (χ4n) is 2.37. The maximum absolute atomic E-state index is 12.5. The van der Waals surface area contributed by atoms with E-state index in [0.717, 1.165) is 27.2 Å². The average Bonchev–Trinajstić information content (AvgIpc) is 2.66. The Kier molecular flexibility index (Phi) is 5.43. The average molecular weight is 369 g/mol. The quantitative estimate of drug-likeness (QED) is 0.509. The van der Waals surface area contributed by atoms with E-state index in [4.69, 9.17) is 10.6 Å². The SMILES string of the molecule is COc1ccccc1CSc1nnc(Nc2ccccc2C)c(=O)n1N. The van der Waals surface area contributed by atoms with Crippen LogP contribution in [-0.2, 0) is 5.75 Å². The number of nitrogens with one attached hydrogen (secondary N) is 1. The Morgan fingerprint density at radius 3 is 2.65 bits per heavy atom. The molecule has 0 unspecified atom stereocenters. The molecule has 3 rings (SSSR count). The van der Waals surface area contributed by atoms with E-state index in [-0.39, 0.29) is 5.82 Å². The Bertz CT molecular complexity index is 974. The highest BCUT2D eigenvalue weighted by molar-refractivity contribution is 7.98. The summed E-state index contributed by atoms with van der Waals surface area (Å²) in [5, 5.41) is 11.4. The van der Waals surface area contributed by atoms with Crippen LogP contribution in [0.4, 0.5) is 11.5 Å². The first-order chi connectivity index (χ1) is 12.6. The van der Waals surface area contributed by atoms with Crippen molar-refractivity contribution in [3.63, 3.8) is 0 Å². The van der Waals surface area contributed by atoms with Crippen LogP contribution in [0, 0.1) is 6.92 Å². The first-order valence-corrected chi connectivity index (χ1v) is 8.91. The molecule has 0 spiro atoms. The zero-order valence-electron chi connectivity index (χ0n) is 14.5. The number of ether oxygens (including phenoxy) is 1. The number of rotatable bonds is 6. The lowest BCUT2D eigenvalue weighted by molar-refractivity contribution is 0.411. The third-order valence-electron chi connectivity index (χ3n) is 3.81. The van der Waals surface area contributed by atoms with E-state index >= 15 is 0 Å². The van der Waals surface area contributed by atoms with Gasteiger partial charge in [-0.1, -0.05) is 48.2 Å². The fourth-order valence-corrected chi connectivity index (χ4v) is 3.21. The molecule has 134 valence electrons. The van der Waals surface area contributed by atoms with Crippen LogP contribution in [0.25, 0.3) is 0 Å². The molecule has 0 fully saturated rings. The van der Waals surface area contributed by atoms with Gasteiger partial charge in [-0.3, -0.25) is 4.79 Å². The summed E-state index contributed by atoms with van der Waals surface area (Å²) < 4.78 is 6.33. The van der Waals surface area contributed by atoms with E-state index in [1.807, 2.05) is 55.5 Å². The van der Waals surface area contributed by atoms with Crippen LogP contribution in [0.1, 0.15) is 11.1 Å². The molecule has 26 heavy (non-hydrogen) atoms. The maximum Gasteiger partial charge on any atom is 0.315 e. The number of hydrogen-bond acceptors (Lipinski definition) is 7. The van der Waals surface area contributed by atoms with Crippen molar-refractivity contribution in [2.45, 2.75) is 17.8 Å². The Morgan fingerprint density at radius 1 is 1.15 bits per heavy atom. The van der Waals surface area contributed by atoms with E-state index in [0.29, 0.717) is 10.9 Å². The molecule has 0 aliphatic carbocycles. The number of nitrogens with two attached hydrogens (primary N) is 1. The molecule has 0 radical (unpaired) electrons. The summed E-state index contributed by atoms with van der Waals surface area (Å²) in [4.78, 5) is 12.5. The lowest BCUT2D eigenvalue weighted by Gasteiger charge is -2.11. The molecule has 3 aromatic rings. The minimum absolute atomic E-state index is 0.0865. The number of aryl methyl sites for hydroxylation is 1. The third kappa shape index (κ3) is 3.80. The first kappa shape index (κ1) is 17.8. The van der Waals surface area contributed by atoms with Gasteiger partial charge in [0.15, 0.2) is 0 Å². The van der Waals surface area contributed by atoms with Crippen molar-refractivity contribution < 1.29 is 4.74 Å². The number of anilines is 2. The monoisotopic (exact) mass is 369 g/mol. The van der Waals surface area contributed by atoms with Crippen LogP contribution in [-0.4, -0.2) is 22.0 Å². The summed E-state index contributed by atoms with van der Waals surface area (Å²) in [5.41, 5.74) is 2.32. The molecule has 3 N–H and O–H groups in total. The van der Waals surface area contributed by atoms with Crippen molar-refractivity contribution >= 4 is 23.3 Å². The summed E-state index contributed by atoms with van der Waals surface area (Å²) in [6.45, 7) is 1.94. The largest absolute Gasteiger partial charge is 0.496 e. The predicted molar refractivity (Wildman–Crippen MR) is 103 cm³/mol. The molecule has 0 atom stereocenters. The summed E-state index contributed by atoms with van der Waals surface area (Å²) >= 11 is 1.32. The maximum atomic E-state index is 12.5. The van der Waals surface area contributed by atoms with Gasteiger partial charge in [0.25, 0.3) is 0 Å². The second kappa shape index (κ2) is 7.92. The van der Waals surface area contributed by atoms with Gasteiger partial charge < -0.3 is 15.9 Å². The standard InChI is InChI=1S/C18H19N5O2S/c1-12-7-3-5-9-14(12)20-16-17(24)23(19)18(22-21-16)26-11-13-8-4-6-10-15(13)25-2/h3-10H,11,19H2,1-2H3,(H,20,21). The van der Waals surface area contributed by atoms with Gasteiger partial charge in [-0.2, -0.15) is 4.68 Å². The van der Waals surface area contributed by atoms with Crippen molar-refractivity contribution in [1.29, 1.82) is 0 Å². The topological polar surface area (TPSA) is 95.1 Å². The van der Waals surface area contributed by atoms with Gasteiger partial charge in [-0.05, 0) is 24.6 Å². The molecule has 1 aromatic heterocycles.